The Morgan fingerprint density at radius 2 is 1.81 bits per heavy atom. The zero-order valence-corrected chi connectivity index (χ0v) is 15.9. The maximum atomic E-state index is 13.0. The van der Waals surface area contributed by atoms with Crippen molar-refractivity contribution in [2.75, 3.05) is 29.4 Å². The van der Waals surface area contributed by atoms with Gasteiger partial charge in [0.2, 0.25) is 5.91 Å². The number of nitrogens with zero attached hydrogens (tertiary/aromatic N) is 2. The zero-order valence-electron chi connectivity index (χ0n) is 15.9. The molecule has 5 rings (SSSR count). The van der Waals surface area contributed by atoms with E-state index < -0.39 is 0 Å². The van der Waals surface area contributed by atoms with Crippen molar-refractivity contribution in [1.82, 2.24) is 5.32 Å². The van der Waals surface area contributed by atoms with Crippen LogP contribution in [0.4, 0.5) is 11.4 Å². The highest BCUT2D eigenvalue weighted by Gasteiger charge is 2.42. The lowest BCUT2D eigenvalue weighted by molar-refractivity contribution is -0.126. The predicted octanol–water partition coefficient (Wildman–Crippen LogP) is 3.14. The Morgan fingerprint density at radius 1 is 1.04 bits per heavy atom. The van der Waals surface area contributed by atoms with Crippen molar-refractivity contribution in [1.29, 1.82) is 0 Å². The highest BCUT2D eigenvalue weighted by molar-refractivity contribution is 5.83. The van der Waals surface area contributed by atoms with Gasteiger partial charge in [-0.25, -0.2) is 0 Å². The third kappa shape index (κ3) is 3.18. The van der Waals surface area contributed by atoms with Crippen LogP contribution in [0.5, 0.6) is 0 Å². The van der Waals surface area contributed by atoms with E-state index in [9.17, 15) is 4.79 Å². The number of fused-ring (bicyclic) bond motifs is 3. The fraction of sp³-hybridized carbons (Fsp3) is 0.435. The molecule has 0 radical (unpaired) electrons. The van der Waals surface area contributed by atoms with E-state index >= 15 is 0 Å². The molecular weight excluding hydrogens is 334 g/mol. The topological polar surface area (TPSA) is 35.6 Å². The van der Waals surface area contributed by atoms with E-state index in [0.29, 0.717) is 6.04 Å². The van der Waals surface area contributed by atoms with Crippen LogP contribution >= 0.6 is 0 Å². The number of carbonyl (C=O) groups excluding carboxylic acids is 1. The lowest BCUT2D eigenvalue weighted by atomic mass is 9.83. The first-order valence-corrected chi connectivity index (χ1v) is 10.2. The van der Waals surface area contributed by atoms with Gasteiger partial charge in [0, 0.05) is 37.1 Å². The van der Waals surface area contributed by atoms with Crippen molar-refractivity contribution in [3.05, 3.63) is 59.7 Å². The molecule has 4 nitrogen and oxygen atoms in total. The molecule has 2 atom stereocenters. The molecule has 1 amide bonds. The Kier molecular flexibility index (Phi) is 4.07. The first-order chi connectivity index (χ1) is 13.2. The average molecular weight is 361 g/mol. The Morgan fingerprint density at radius 3 is 2.59 bits per heavy atom. The van der Waals surface area contributed by atoms with Gasteiger partial charge in [0.25, 0.3) is 0 Å². The van der Waals surface area contributed by atoms with Gasteiger partial charge in [0.05, 0.1) is 12.0 Å². The van der Waals surface area contributed by atoms with Crippen LogP contribution in [-0.4, -0.2) is 37.6 Å². The molecule has 4 heteroatoms. The van der Waals surface area contributed by atoms with E-state index in [-0.39, 0.29) is 17.9 Å². The molecule has 0 spiro atoms. The monoisotopic (exact) mass is 361 g/mol. The molecule has 2 heterocycles. The summed E-state index contributed by atoms with van der Waals surface area (Å²) in [4.78, 5) is 18.0. The number of anilines is 2. The molecule has 2 aliphatic heterocycles. The van der Waals surface area contributed by atoms with E-state index in [2.05, 4.69) is 70.6 Å². The summed E-state index contributed by atoms with van der Waals surface area (Å²) < 4.78 is 0. The molecule has 0 unspecified atom stereocenters. The maximum absolute atomic E-state index is 13.0. The zero-order chi connectivity index (χ0) is 18.4. The fourth-order valence-corrected chi connectivity index (χ4v) is 4.58. The molecule has 2 fully saturated rings. The average Bonchev–Trinajstić information content (AvgIpc) is 3.51. The second-order valence-electron chi connectivity index (χ2n) is 8.26. The van der Waals surface area contributed by atoms with Crippen molar-refractivity contribution in [2.45, 2.75) is 38.3 Å². The van der Waals surface area contributed by atoms with Gasteiger partial charge in [-0.2, -0.15) is 0 Å². The normalized spacial score (nSPS) is 24.2. The van der Waals surface area contributed by atoms with Crippen LogP contribution in [-0.2, 0) is 11.2 Å². The van der Waals surface area contributed by atoms with Crippen LogP contribution in [0.25, 0.3) is 0 Å². The third-order valence-electron chi connectivity index (χ3n) is 6.28. The van der Waals surface area contributed by atoms with Crippen LogP contribution in [0.2, 0.25) is 0 Å². The molecule has 140 valence electrons. The predicted molar refractivity (Wildman–Crippen MR) is 109 cm³/mol. The highest BCUT2D eigenvalue weighted by atomic mass is 16.2. The summed E-state index contributed by atoms with van der Waals surface area (Å²) in [6, 6.07) is 18.0. The second-order valence-corrected chi connectivity index (χ2v) is 8.26. The van der Waals surface area contributed by atoms with E-state index in [1.807, 2.05) is 0 Å². The number of hydrogen-bond acceptors (Lipinski definition) is 3. The minimum Gasteiger partial charge on any atom is -0.368 e. The number of hydrogen-bond donors (Lipinski definition) is 1. The van der Waals surface area contributed by atoms with Crippen LogP contribution in [0.3, 0.4) is 0 Å². The lowest BCUT2D eigenvalue weighted by Gasteiger charge is -2.49. The Bertz CT molecular complexity index is 843. The highest BCUT2D eigenvalue weighted by Crippen LogP contribution is 2.37. The molecule has 1 saturated carbocycles. The largest absolute Gasteiger partial charge is 0.368 e. The number of benzene rings is 2. The van der Waals surface area contributed by atoms with Gasteiger partial charge < -0.3 is 15.1 Å². The number of piperazine rings is 1. The molecule has 0 bridgehead atoms. The van der Waals surface area contributed by atoms with E-state index in [4.69, 9.17) is 0 Å². The van der Waals surface area contributed by atoms with Gasteiger partial charge in [-0.3, -0.25) is 4.79 Å². The van der Waals surface area contributed by atoms with Crippen molar-refractivity contribution in [3.8, 4) is 0 Å². The van der Waals surface area contributed by atoms with Crippen LogP contribution in [0.15, 0.2) is 48.5 Å². The van der Waals surface area contributed by atoms with Crippen LogP contribution in [0.1, 0.15) is 24.0 Å². The number of carbonyl (C=O) groups is 1. The lowest BCUT2D eigenvalue weighted by Crippen LogP contribution is -2.61. The molecule has 1 saturated heterocycles. The Balaban J connectivity index is 1.44. The van der Waals surface area contributed by atoms with Gasteiger partial charge in [0.15, 0.2) is 0 Å². The maximum Gasteiger partial charge on any atom is 0.225 e. The standard InChI is InChI=1S/C23H27N3O/c1-16-6-10-19(11-7-16)25-12-13-26-21-5-3-2-4-17(21)14-20(22(26)15-25)23(27)24-18-8-9-18/h2-7,10-11,18,20,22H,8-9,12-15H2,1H3,(H,24,27)/t20-,22-/m0/s1. The number of nitrogens with one attached hydrogen (secondary N) is 1. The summed E-state index contributed by atoms with van der Waals surface area (Å²) in [5, 5.41) is 3.27. The summed E-state index contributed by atoms with van der Waals surface area (Å²) in [6.45, 7) is 4.98. The van der Waals surface area contributed by atoms with E-state index in [0.717, 1.165) is 38.9 Å². The summed E-state index contributed by atoms with van der Waals surface area (Å²) in [5.41, 5.74) is 5.18. The van der Waals surface area contributed by atoms with Crippen LogP contribution in [0, 0.1) is 12.8 Å². The van der Waals surface area contributed by atoms with Crippen molar-refractivity contribution >= 4 is 17.3 Å². The van der Waals surface area contributed by atoms with Gasteiger partial charge in [-0.1, -0.05) is 35.9 Å². The van der Waals surface area contributed by atoms with Crippen LogP contribution < -0.4 is 15.1 Å². The first-order valence-electron chi connectivity index (χ1n) is 10.2. The Labute approximate surface area is 161 Å². The molecular formula is C23H27N3O. The molecule has 2 aromatic carbocycles. The first kappa shape index (κ1) is 16.7. The van der Waals surface area contributed by atoms with E-state index in [1.165, 1.54) is 22.5 Å². The number of rotatable bonds is 3. The summed E-state index contributed by atoms with van der Waals surface area (Å²) in [6.07, 6.45) is 3.12. The van der Waals surface area contributed by atoms with Gasteiger partial charge >= 0.3 is 0 Å². The quantitative estimate of drug-likeness (QED) is 0.912. The van der Waals surface area contributed by atoms with Crippen molar-refractivity contribution < 1.29 is 4.79 Å². The smallest absolute Gasteiger partial charge is 0.225 e. The van der Waals surface area contributed by atoms with Crippen molar-refractivity contribution in [2.24, 2.45) is 5.92 Å². The molecule has 1 aliphatic carbocycles. The van der Waals surface area contributed by atoms with E-state index in [1.54, 1.807) is 0 Å². The summed E-state index contributed by atoms with van der Waals surface area (Å²) >= 11 is 0. The summed E-state index contributed by atoms with van der Waals surface area (Å²) in [5.74, 6) is 0.265. The SMILES string of the molecule is Cc1ccc(N2CCN3c4ccccc4C[C@H](C(=O)NC4CC4)[C@@H]3C2)cc1. The molecule has 0 aromatic heterocycles. The molecule has 27 heavy (non-hydrogen) atoms. The molecule has 2 aromatic rings. The number of para-hydroxylation sites is 1. The summed E-state index contributed by atoms with van der Waals surface area (Å²) in [7, 11) is 0. The Hall–Kier alpha value is -2.49. The minimum atomic E-state index is 0.0220. The molecule has 1 N–H and O–H groups in total. The second kappa shape index (κ2) is 6.59. The fourth-order valence-electron chi connectivity index (χ4n) is 4.58. The number of amides is 1. The van der Waals surface area contributed by atoms with Gasteiger partial charge in [-0.15, -0.1) is 0 Å². The van der Waals surface area contributed by atoms with Gasteiger partial charge in [0.1, 0.15) is 0 Å². The van der Waals surface area contributed by atoms with Gasteiger partial charge in [-0.05, 0) is 49.9 Å². The van der Waals surface area contributed by atoms with Crippen molar-refractivity contribution in [3.63, 3.8) is 0 Å². The third-order valence-corrected chi connectivity index (χ3v) is 6.28. The number of aryl methyl sites for hydroxylation is 1. The molecule has 3 aliphatic rings. The minimum absolute atomic E-state index is 0.0220.